The third-order valence-electron chi connectivity index (χ3n) is 15.8. The lowest BCUT2D eigenvalue weighted by Crippen LogP contribution is -2.52. The predicted molar refractivity (Wildman–Crippen MR) is 266 cm³/mol. The van der Waals surface area contributed by atoms with Crippen molar-refractivity contribution in [3.8, 4) is 17.2 Å². The van der Waals surface area contributed by atoms with Gasteiger partial charge in [0, 0.05) is 101 Å². The number of phenols is 2. The third kappa shape index (κ3) is 10.2. The molecule has 0 aliphatic carbocycles. The van der Waals surface area contributed by atoms with Crippen molar-refractivity contribution in [2.45, 2.75) is 137 Å². The number of nitrogens with one attached hydrogen (secondary N) is 1. The minimum Gasteiger partial charge on any atom is -0.507 e. The number of fused-ring (bicyclic) bond motifs is 14. The maximum absolute atomic E-state index is 14.9. The number of anilines is 1. The zero-order chi connectivity index (χ0) is 51.3. The summed E-state index contributed by atoms with van der Waals surface area (Å²) in [6.45, 7) is 21.8. The van der Waals surface area contributed by atoms with Gasteiger partial charge in [0.15, 0.2) is 11.4 Å². The molecule has 9 atom stereocenters. The molecule has 386 valence electrons. The van der Waals surface area contributed by atoms with E-state index in [2.05, 4.69) is 29.0 Å². The lowest BCUT2D eigenvalue weighted by Gasteiger charge is -2.38. The molecule has 3 fully saturated rings. The van der Waals surface area contributed by atoms with Crippen LogP contribution in [0.15, 0.2) is 46.1 Å². The van der Waals surface area contributed by atoms with E-state index >= 15 is 0 Å². The van der Waals surface area contributed by atoms with E-state index in [1.165, 1.54) is 20.3 Å². The molecule has 0 aromatic heterocycles. The topological polar surface area (TPSA) is 212 Å². The second-order valence-corrected chi connectivity index (χ2v) is 21.7. The van der Waals surface area contributed by atoms with Crippen LogP contribution in [0.5, 0.6) is 17.2 Å². The Labute approximate surface area is 416 Å². The lowest BCUT2D eigenvalue weighted by molar-refractivity contribution is -0.164. The number of aliphatic hydroxyl groups is 1. The van der Waals surface area contributed by atoms with Crippen LogP contribution in [0.25, 0.3) is 10.8 Å². The molecule has 2 aromatic carbocycles. The van der Waals surface area contributed by atoms with Crippen molar-refractivity contribution >= 4 is 40.0 Å². The first-order valence-electron chi connectivity index (χ1n) is 25.6. The van der Waals surface area contributed by atoms with E-state index in [9.17, 15) is 34.5 Å². The molecule has 2 amide bonds. The van der Waals surface area contributed by atoms with Gasteiger partial charge in [-0.25, -0.2) is 0 Å². The van der Waals surface area contributed by atoms with E-state index in [0.29, 0.717) is 63.0 Å². The van der Waals surface area contributed by atoms with E-state index in [4.69, 9.17) is 28.9 Å². The molecule has 0 radical (unpaired) electrons. The smallest absolute Gasteiger partial charge is 0.315 e. The number of likely N-dealkylation sites (tertiary alicyclic amines) is 1. The molecular weight excluding hydrogens is 909 g/mol. The van der Waals surface area contributed by atoms with Gasteiger partial charge in [-0.05, 0) is 63.5 Å². The highest BCUT2D eigenvalue weighted by atomic mass is 16.7. The van der Waals surface area contributed by atoms with E-state index in [1.54, 1.807) is 37.0 Å². The quantitative estimate of drug-likeness (QED) is 0.161. The summed E-state index contributed by atoms with van der Waals surface area (Å²) in [5, 5.41) is 39.5. The van der Waals surface area contributed by atoms with Crippen molar-refractivity contribution in [1.82, 2.24) is 14.7 Å². The van der Waals surface area contributed by atoms with Gasteiger partial charge in [-0.15, -0.1) is 0 Å². The number of esters is 1. The van der Waals surface area contributed by atoms with Gasteiger partial charge in [-0.3, -0.25) is 34.1 Å². The molecule has 4 unspecified atom stereocenters. The van der Waals surface area contributed by atoms with Crippen LogP contribution < -0.4 is 20.8 Å². The number of allylic oxidation sites excluding steroid dienone is 3. The Balaban J connectivity index is 1.17. The standard InChI is InChI=1S/C54H74N6O11/c1-29(2)27-58-20-17-54(18-21-58)56-43-40-41-47(64)35(8)50-42(40)51(66)53(9,71-50)69-24-16-37(68-10)33(6)49(70-39(62)26-38(61)60-23-22-59-19-12-15-36(59)28-60)34(7)46(63)32(5)25-30(3)13-11-14-31(4)52(67)55-45(48(41)65)44(43)57-54/h11,13-14,16,24,29-30,32-34,36-37,46,49,63-65H,12,15,17-23,25-28H2,1-10H3,(H,55,67)/b13-11+,24-16+,31-14-/t30?,32-,33-,34-,36?,37+,46?,49-,53?/m1/s1. The number of benzene rings is 2. The minimum absolute atomic E-state index is 0.0279. The van der Waals surface area contributed by atoms with Gasteiger partial charge in [0.25, 0.3) is 11.7 Å². The van der Waals surface area contributed by atoms with Crippen LogP contribution in [0, 0.1) is 36.5 Å². The average Bonchev–Trinajstić information content (AvgIpc) is 4.03. The van der Waals surface area contributed by atoms with E-state index in [1.807, 2.05) is 33.8 Å². The largest absolute Gasteiger partial charge is 0.507 e. The fourth-order valence-corrected chi connectivity index (χ4v) is 11.7. The molecule has 3 saturated heterocycles. The summed E-state index contributed by atoms with van der Waals surface area (Å²) < 4.78 is 24.8. The van der Waals surface area contributed by atoms with Crippen molar-refractivity contribution in [2.24, 2.45) is 39.6 Å². The molecule has 2 aromatic rings. The molecule has 5 bridgehead atoms. The van der Waals surface area contributed by atoms with Gasteiger partial charge in [0.1, 0.15) is 35.1 Å². The van der Waals surface area contributed by atoms with Gasteiger partial charge < -0.3 is 49.4 Å². The number of Topliss-reactive ketones (excluding diaryl/α,β-unsaturated/α-hetero) is 1. The van der Waals surface area contributed by atoms with Crippen LogP contribution in [0.4, 0.5) is 5.69 Å². The Kier molecular flexibility index (Phi) is 15.1. The van der Waals surface area contributed by atoms with Crippen LogP contribution in [-0.2, 0) is 28.6 Å². The van der Waals surface area contributed by atoms with E-state index < -0.39 is 71.4 Å². The first-order chi connectivity index (χ1) is 33.7. The molecule has 17 nitrogen and oxygen atoms in total. The molecule has 7 aliphatic rings. The Morgan fingerprint density at radius 3 is 2.38 bits per heavy atom. The summed E-state index contributed by atoms with van der Waals surface area (Å²) in [6.07, 6.45) is 8.87. The third-order valence-corrected chi connectivity index (χ3v) is 15.8. The highest BCUT2D eigenvalue weighted by molar-refractivity contribution is 6.19. The van der Waals surface area contributed by atoms with Crippen LogP contribution >= 0.6 is 0 Å². The molecule has 4 N–H and O–H groups in total. The second-order valence-electron chi connectivity index (χ2n) is 21.7. The number of amides is 2. The number of carbonyl (C=O) groups excluding carboxylic acids is 4. The number of methoxy groups -OCH3 is 1. The summed E-state index contributed by atoms with van der Waals surface area (Å²) in [4.78, 5) is 73.2. The van der Waals surface area contributed by atoms with E-state index in [0.717, 1.165) is 32.5 Å². The Morgan fingerprint density at radius 1 is 0.958 bits per heavy atom. The average molecular weight is 983 g/mol. The highest BCUT2D eigenvalue weighted by Gasteiger charge is 2.50. The van der Waals surface area contributed by atoms with Crippen LogP contribution in [-0.4, -0.2) is 142 Å². The number of carbonyl (C=O) groups is 4. The number of phenolic OH excluding ortho intramolecular Hbond substituents is 2. The van der Waals surface area contributed by atoms with E-state index in [-0.39, 0.29) is 67.5 Å². The van der Waals surface area contributed by atoms with Gasteiger partial charge in [0.05, 0.1) is 34.8 Å². The van der Waals surface area contributed by atoms with Crippen LogP contribution in [0.1, 0.15) is 110 Å². The molecule has 7 heterocycles. The monoisotopic (exact) mass is 983 g/mol. The summed E-state index contributed by atoms with van der Waals surface area (Å²) in [6, 6.07) is 0.295. The van der Waals surface area contributed by atoms with Gasteiger partial charge in [0.2, 0.25) is 5.91 Å². The van der Waals surface area contributed by atoms with Crippen LogP contribution in [0.3, 0.4) is 0 Å². The summed E-state index contributed by atoms with van der Waals surface area (Å²) >= 11 is 0. The van der Waals surface area contributed by atoms with Gasteiger partial charge in [-0.1, -0.05) is 59.8 Å². The highest BCUT2D eigenvalue weighted by Crippen LogP contribution is 2.50. The molecule has 1 spiro atoms. The van der Waals surface area contributed by atoms with Crippen molar-refractivity contribution in [3.63, 3.8) is 0 Å². The fourth-order valence-electron chi connectivity index (χ4n) is 11.7. The van der Waals surface area contributed by atoms with Crippen molar-refractivity contribution in [2.75, 3.05) is 58.2 Å². The number of rotatable bonds is 6. The summed E-state index contributed by atoms with van der Waals surface area (Å²) in [5.74, 6) is -6.02. The number of hydrogen-bond donors (Lipinski definition) is 4. The number of piperidine rings is 1. The predicted octanol–water partition coefficient (Wildman–Crippen LogP) is 5.46. The van der Waals surface area contributed by atoms with Crippen LogP contribution in [0.2, 0.25) is 0 Å². The van der Waals surface area contributed by atoms with Crippen molar-refractivity contribution in [1.29, 1.82) is 0 Å². The lowest BCUT2D eigenvalue weighted by atomic mass is 9.79. The first-order valence-corrected chi connectivity index (χ1v) is 25.6. The first kappa shape index (κ1) is 52.0. The fraction of sp³-hybridized carbons (Fsp3) is 0.630. The maximum Gasteiger partial charge on any atom is 0.315 e. The number of piperazine rings is 1. The number of aromatic hydroxyl groups is 2. The van der Waals surface area contributed by atoms with Gasteiger partial charge in [-0.2, -0.15) is 0 Å². The zero-order valence-corrected chi connectivity index (χ0v) is 43.1. The summed E-state index contributed by atoms with van der Waals surface area (Å²) in [7, 11) is 1.49. The minimum atomic E-state index is -1.98. The SMILES string of the molecule is CO[C@H]1/C=C/OC2(C)Oc3c(C)c(O)c4c(O)c(c5c(c4c3C2=O)=NC2(CCN(CC(C)C)CC2)N=5)NC(=O)/C(C)=C\C=C\C(C)C[C@@H](C)C(O)[C@@H](C)[C@H](OC(=O)CC(=O)N2CCN3CCCC3C2)[C@@H]1C. The number of aliphatic hydroxyl groups excluding tert-OH is 1. The summed E-state index contributed by atoms with van der Waals surface area (Å²) in [5.41, 5.74) is -0.475. The number of ketones is 1. The Bertz CT molecular complexity index is 2660. The Morgan fingerprint density at radius 2 is 1.68 bits per heavy atom. The molecule has 7 aliphatic heterocycles. The Hall–Kier alpha value is -5.36. The van der Waals surface area contributed by atoms with Gasteiger partial charge >= 0.3 is 11.8 Å². The van der Waals surface area contributed by atoms with Crippen molar-refractivity contribution in [3.05, 3.63) is 58.0 Å². The number of nitrogens with zero attached hydrogens (tertiary/aromatic N) is 5. The molecule has 71 heavy (non-hydrogen) atoms. The maximum atomic E-state index is 14.9. The zero-order valence-electron chi connectivity index (χ0n) is 43.1. The number of hydrogen-bond acceptors (Lipinski definition) is 15. The molecule has 0 saturated carbocycles. The van der Waals surface area contributed by atoms with Crippen molar-refractivity contribution < 1.29 is 53.4 Å². The second kappa shape index (κ2) is 20.6. The molecule has 9 rings (SSSR count). The normalized spacial score (nSPS) is 32.1. The number of ether oxygens (including phenoxy) is 4. The molecular formula is C54H74N6O11. The molecule has 17 heteroatoms.